The van der Waals surface area contributed by atoms with Gasteiger partial charge in [-0.1, -0.05) is 25.1 Å². The Kier molecular flexibility index (Phi) is 6.10. The molecule has 0 unspecified atom stereocenters. The summed E-state index contributed by atoms with van der Waals surface area (Å²) >= 11 is 0. The summed E-state index contributed by atoms with van der Waals surface area (Å²) in [6.07, 6.45) is 1.42. The van der Waals surface area contributed by atoms with Crippen molar-refractivity contribution in [3.8, 4) is 11.5 Å². The Labute approximate surface area is 204 Å². The zero-order valence-electron chi connectivity index (χ0n) is 20.2. The second kappa shape index (κ2) is 9.22. The quantitative estimate of drug-likeness (QED) is 0.657. The molecular weight excluding hydrogens is 448 g/mol. The number of nitrogens with zero attached hydrogens (tertiary/aromatic N) is 3. The molecule has 3 amide bonds. The second-order valence-electron chi connectivity index (χ2n) is 8.99. The number of para-hydroxylation sites is 1. The molecule has 2 aromatic rings. The largest absolute Gasteiger partial charge is 0.493 e. The molecule has 1 N–H and O–H groups in total. The van der Waals surface area contributed by atoms with Crippen LogP contribution in [0.3, 0.4) is 0 Å². The summed E-state index contributed by atoms with van der Waals surface area (Å²) in [6.45, 7) is 4.49. The monoisotopic (exact) mass is 478 g/mol. The van der Waals surface area contributed by atoms with E-state index in [4.69, 9.17) is 9.47 Å². The number of carbonyl (C=O) groups is 3. The van der Waals surface area contributed by atoms with Gasteiger partial charge in [0, 0.05) is 18.2 Å². The minimum absolute atomic E-state index is 0.158. The van der Waals surface area contributed by atoms with Gasteiger partial charge in [-0.25, -0.2) is 0 Å². The number of hydrogen-bond acceptors (Lipinski definition) is 6. The zero-order valence-corrected chi connectivity index (χ0v) is 20.2. The molecule has 35 heavy (non-hydrogen) atoms. The van der Waals surface area contributed by atoms with Gasteiger partial charge in [-0.05, 0) is 44.1 Å². The summed E-state index contributed by atoms with van der Waals surface area (Å²) in [6, 6.07) is 10.8. The van der Waals surface area contributed by atoms with Crippen LogP contribution >= 0.6 is 0 Å². The van der Waals surface area contributed by atoms with Crippen LogP contribution in [0.4, 0.5) is 5.69 Å². The fourth-order valence-corrected chi connectivity index (χ4v) is 5.57. The third-order valence-corrected chi connectivity index (χ3v) is 7.24. The molecule has 0 bridgehead atoms. The third-order valence-electron chi connectivity index (χ3n) is 7.24. The van der Waals surface area contributed by atoms with Crippen LogP contribution in [0, 0.1) is 0 Å². The summed E-state index contributed by atoms with van der Waals surface area (Å²) < 4.78 is 10.9. The Balaban J connectivity index is 1.49. The number of likely N-dealkylation sites (N-methyl/N-ethyl adjacent to an activating group) is 1. The lowest BCUT2D eigenvalue weighted by molar-refractivity contribution is -0.122. The normalized spacial score (nSPS) is 21.0. The maximum absolute atomic E-state index is 13.7. The number of amides is 3. The van der Waals surface area contributed by atoms with Gasteiger partial charge in [0.1, 0.15) is 12.7 Å². The zero-order chi connectivity index (χ0) is 24.7. The molecule has 0 spiro atoms. The minimum atomic E-state index is -0.746. The molecule has 0 radical (unpaired) electrons. The van der Waals surface area contributed by atoms with E-state index in [9.17, 15) is 14.4 Å². The average Bonchev–Trinajstić information content (AvgIpc) is 3.46. The molecule has 184 valence electrons. The molecule has 2 atom stereocenters. The first-order valence-electron chi connectivity index (χ1n) is 12.0. The van der Waals surface area contributed by atoms with Crippen LogP contribution in [0.25, 0.3) is 0 Å². The van der Waals surface area contributed by atoms with Gasteiger partial charge in [0.2, 0.25) is 5.91 Å². The van der Waals surface area contributed by atoms with E-state index in [1.165, 1.54) is 19.1 Å². The predicted molar refractivity (Wildman–Crippen MR) is 130 cm³/mol. The highest BCUT2D eigenvalue weighted by Crippen LogP contribution is 2.49. The van der Waals surface area contributed by atoms with Crippen LogP contribution in [0.15, 0.2) is 36.4 Å². The van der Waals surface area contributed by atoms with Crippen LogP contribution < -0.4 is 19.7 Å². The van der Waals surface area contributed by atoms with Crippen molar-refractivity contribution in [2.75, 3.05) is 45.3 Å². The van der Waals surface area contributed by atoms with Crippen LogP contribution in [0.5, 0.6) is 11.5 Å². The van der Waals surface area contributed by atoms with Crippen LogP contribution in [-0.4, -0.2) is 74.0 Å². The van der Waals surface area contributed by atoms with Crippen molar-refractivity contribution in [2.45, 2.75) is 32.0 Å². The molecule has 9 heteroatoms. The van der Waals surface area contributed by atoms with Crippen LogP contribution in [0.1, 0.15) is 52.2 Å². The highest BCUT2D eigenvalue weighted by atomic mass is 16.5. The predicted octanol–water partition coefficient (Wildman–Crippen LogP) is 2.42. The summed E-state index contributed by atoms with van der Waals surface area (Å²) in [4.78, 5) is 45.7. The minimum Gasteiger partial charge on any atom is -0.493 e. The van der Waals surface area contributed by atoms with Crippen molar-refractivity contribution in [3.63, 3.8) is 0 Å². The molecule has 2 aromatic carbocycles. The standard InChI is InChI=1S/C26H30N4O5/c1-4-28-13-7-8-16(28)14-27-21(31)15-29-24-18-11-12-20(34-2)23(35-3)22(18)26(33)30(24)19-10-6-5-9-17(19)25(29)32/h5-6,9-12,16,24H,4,7-8,13-15H2,1-3H3,(H,27,31)/t16-,24+/m1/s1. The lowest BCUT2D eigenvalue weighted by atomic mass is 10.0. The number of nitrogens with one attached hydrogen (secondary N) is 1. The smallest absolute Gasteiger partial charge is 0.264 e. The summed E-state index contributed by atoms with van der Waals surface area (Å²) in [5.74, 6) is -0.0823. The van der Waals surface area contributed by atoms with E-state index in [1.54, 1.807) is 41.3 Å². The van der Waals surface area contributed by atoms with Gasteiger partial charge < -0.3 is 19.7 Å². The maximum Gasteiger partial charge on any atom is 0.264 e. The van der Waals surface area contributed by atoms with Gasteiger partial charge in [0.25, 0.3) is 11.8 Å². The molecule has 1 saturated heterocycles. The molecule has 9 nitrogen and oxygen atoms in total. The van der Waals surface area contributed by atoms with E-state index < -0.39 is 6.17 Å². The number of hydrogen-bond donors (Lipinski definition) is 1. The van der Waals surface area contributed by atoms with E-state index >= 15 is 0 Å². The van der Waals surface area contributed by atoms with Gasteiger partial charge in [0.05, 0.1) is 31.0 Å². The van der Waals surface area contributed by atoms with Crippen molar-refractivity contribution in [2.24, 2.45) is 0 Å². The first kappa shape index (κ1) is 23.2. The number of carbonyl (C=O) groups excluding carboxylic acids is 3. The van der Waals surface area contributed by atoms with E-state index in [1.807, 2.05) is 0 Å². The van der Waals surface area contributed by atoms with Gasteiger partial charge >= 0.3 is 0 Å². The van der Waals surface area contributed by atoms with Gasteiger partial charge in [-0.2, -0.15) is 0 Å². The molecule has 3 heterocycles. The Morgan fingerprint density at radius 1 is 1.09 bits per heavy atom. The molecule has 0 aromatic heterocycles. The summed E-state index contributed by atoms with van der Waals surface area (Å²) in [5, 5.41) is 3.01. The Morgan fingerprint density at radius 2 is 1.89 bits per heavy atom. The molecule has 0 aliphatic carbocycles. The second-order valence-corrected chi connectivity index (χ2v) is 8.99. The van der Waals surface area contributed by atoms with Crippen molar-refractivity contribution in [1.29, 1.82) is 0 Å². The maximum atomic E-state index is 13.7. The Morgan fingerprint density at radius 3 is 2.63 bits per heavy atom. The van der Waals surface area contributed by atoms with Gasteiger partial charge in [0.15, 0.2) is 11.5 Å². The number of rotatable bonds is 7. The third kappa shape index (κ3) is 3.70. The van der Waals surface area contributed by atoms with Crippen molar-refractivity contribution in [1.82, 2.24) is 15.1 Å². The first-order chi connectivity index (χ1) is 17.0. The van der Waals surface area contributed by atoms with E-state index in [0.29, 0.717) is 46.5 Å². The van der Waals surface area contributed by atoms with Crippen LogP contribution in [-0.2, 0) is 4.79 Å². The highest BCUT2D eigenvalue weighted by Gasteiger charge is 2.50. The van der Waals surface area contributed by atoms with Crippen LogP contribution in [0.2, 0.25) is 0 Å². The first-order valence-corrected chi connectivity index (χ1v) is 12.0. The molecular formula is C26H30N4O5. The Bertz CT molecular complexity index is 1180. The molecule has 5 rings (SSSR count). The Hall–Kier alpha value is -3.59. The lowest BCUT2D eigenvalue weighted by Gasteiger charge is -2.40. The molecule has 3 aliphatic heterocycles. The van der Waals surface area contributed by atoms with E-state index in [0.717, 1.165) is 25.9 Å². The average molecular weight is 479 g/mol. The summed E-state index contributed by atoms with van der Waals surface area (Å²) in [5.41, 5.74) is 1.86. The number of anilines is 1. The van der Waals surface area contributed by atoms with E-state index in [-0.39, 0.29) is 24.3 Å². The number of fused-ring (bicyclic) bond motifs is 5. The molecule has 0 saturated carbocycles. The fraction of sp³-hybridized carbons (Fsp3) is 0.423. The lowest BCUT2D eigenvalue weighted by Crippen LogP contribution is -2.52. The number of likely N-dealkylation sites (tertiary alicyclic amines) is 1. The van der Waals surface area contributed by atoms with Crippen molar-refractivity contribution in [3.05, 3.63) is 53.1 Å². The van der Waals surface area contributed by atoms with Crippen molar-refractivity contribution >= 4 is 23.4 Å². The fourth-order valence-electron chi connectivity index (χ4n) is 5.57. The van der Waals surface area contributed by atoms with E-state index in [2.05, 4.69) is 17.1 Å². The summed E-state index contributed by atoms with van der Waals surface area (Å²) in [7, 11) is 2.99. The number of benzene rings is 2. The topological polar surface area (TPSA) is 91.4 Å². The van der Waals surface area contributed by atoms with Gasteiger partial charge in [-0.3, -0.25) is 24.2 Å². The van der Waals surface area contributed by atoms with Crippen molar-refractivity contribution < 1.29 is 23.9 Å². The molecule has 1 fully saturated rings. The highest BCUT2D eigenvalue weighted by molar-refractivity contribution is 6.18. The number of ether oxygens (including phenoxy) is 2. The van der Waals surface area contributed by atoms with Gasteiger partial charge in [-0.15, -0.1) is 0 Å². The molecule has 3 aliphatic rings. The number of methoxy groups -OCH3 is 2. The SMILES string of the molecule is CCN1CCC[C@@H]1CNC(=O)CN1C(=O)c2ccccc2N2C(=O)c3c(ccc(OC)c3OC)[C@@H]12.